The van der Waals surface area contributed by atoms with E-state index in [1.54, 1.807) is 6.92 Å². The van der Waals surface area contributed by atoms with Crippen LogP contribution in [-0.2, 0) is 9.59 Å². The maximum atomic E-state index is 11.1. The Morgan fingerprint density at radius 2 is 2.23 bits per heavy atom. The van der Waals surface area contributed by atoms with Crippen LogP contribution in [0.2, 0.25) is 0 Å². The Kier molecular flexibility index (Phi) is 3.13. The molecule has 13 heavy (non-hydrogen) atoms. The van der Waals surface area contributed by atoms with Crippen LogP contribution in [0.25, 0.3) is 0 Å². The Hall–Kier alpha value is -1.23. The Bertz CT molecular complexity index is 260. The lowest BCUT2D eigenvalue weighted by molar-refractivity contribution is -0.132. The number of carbonyl (C=O) groups excluding carboxylic acids is 2. The second-order valence-electron chi connectivity index (χ2n) is 2.89. The van der Waals surface area contributed by atoms with Gasteiger partial charge in [-0.3, -0.25) is 9.59 Å². The van der Waals surface area contributed by atoms with E-state index in [1.807, 2.05) is 6.92 Å². The summed E-state index contributed by atoms with van der Waals surface area (Å²) in [7, 11) is 0. The molecule has 1 heterocycles. The molecule has 2 N–H and O–H groups in total. The maximum absolute atomic E-state index is 11.1. The van der Waals surface area contributed by atoms with Crippen LogP contribution in [0.1, 0.15) is 13.8 Å². The number of carbonyl (C=O) groups is 2. The largest absolute Gasteiger partial charge is 0.312 e. The molecule has 72 valence electrons. The number of nitrogens with one attached hydrogen (secondary N) is 2. The van der Waals surface area contributed by atoms with Gasteiger partial charge in [-0.25, -0.2) is 0 Å². The highest BCUT2D eigenvalue weighted by atomic mass is 16.2. The lowest BCUT2D eigenvalue weighted by Gasteiger charge is -2.16. The fourth-order valence-corrected chi connectivity index (χ4v) is 0.948. The number of rotatable bonds is 3. The van der Waals surface area contributed by atoms with Crippen LogP contribution in [0.4, 0.5) is 0 Å². The summed E-state index contributed by atoms with van der Waals surface area (Å²) in [4.78, 5) is 26.0. The number of amides is 2. The predicted molar refractivity (Wildman–Crippen MR) is 48.3 cm³/mol. The van der Waals surface area contributed by atoms with Crippen molar-refractivity contribution in [1.29, 1.82) is 0 Å². The van der Waals surface area contributed by atoms with E-state index < -0.39 is 5.92 Å². The number of amidine groups is 1. The van der Waals surface area contributed by atoms with Gasteiger partial charge in [0.05, 0.1) is 6.54 Å². The predicted octanol–water partition coefficient (Wildman–Crippen LogP) is -0.713. The topological polar surface area (TPSA) is 70.6 Å². The number of likely N-dealkylation sites (N-methyl/N-ethyl adjacent to an activating group) is 1. The molecule has 0 aliphatic carbocycles. The maximum Gasteiger partial charge on any atom is 0.259 e. The van der Waals surface area contributed by atoms with Gasteiger partial charge in [-0.15, -0.1) is 0 Å². The molecule has 0 spiro atoms. The van der Waals surface area contributed by atoms with Gasteiger partial charge in [0.25, 0.3) is 5.91 Å². The van der Waals surface area contributed by atoms with Gasteiger partial charge >= 0.3 is 0 Å². The Morgan fingerprint density at radius 1 is 1.54 bits per heavy atom. The van der Waals surface area contributed by atoms with Crippen LogP contribution >= 0.6 is 0 Å². The number of aliphatic imine (C=N–C) groups is 1. The fourth-order valence-electron chi connectivity index (χ4n) is 0.948. The van der Waals surface area contributed by atoms with E-state index in [0.717, 1.165) is 6.54 Å². The average molecular weight is 183 g/mol. The first kappa shape index (κ1) is 9.85. The first-order valence-corrected chi connectivity index (χ1v) is 4.28. The van der Waals surface area contributed by atoms with Crippen LogP contribution in [-0.4, -0.2) is 30.7 Å². The monoisotopic (exact) mass is 183 g/mol. The van der Waals surface area contributed by atoms with Crippen molar-refractivity contribution < 1.29 is 9.59 Å². The summed E-state index contributed by atoms with van der Waals surface area (Å²) in [6, 6.07) is 0. The lowest BCUT2D eigenvalue weighted by atomic mass is 10.1. The molecule has 2 amide bonds. The zero-order chi connectivity index (χ0) is 9.84. The Labute approximate surface area is 76.6 Å². The minimum absolute atomic E-state index is 0.270. The van der Waals surface area contributed by atoms with Gasteiger partial charge in [-0.2, -0.15) is 4.99 Å². The summed E-state index contributed by atoms with van der Waals surface area (Å²) in [6.07, 6.45) is 0. The molecule has 1 atom stereocenters. The van der Waals surface area contributed by atoms with Crippen LogP contribution in [0, 0.1) is 5.92 Å². The third kappa shape index (κ3) is 2.35. The van der Waals surface area contributed by atoms with Gasteiger partial charge < -0.3 is 10.6 Å². The molecule has 1 aliphatic rings. The molecule has 0 radical (unpaired) electrons. The van der Waals surface area contributed by atoms with Gasteiger partial charge in [0.1, 0.15) is 11.8 Å². The summed E-state index contributed by atoms with van der Waals surface area (Å²) >= 11 is 0. The Balaban J connectivity index is 2.62. The van der Waals surface area contributed by atoms with Crippen molar-refractivity contribution in [3.05, 3.63) is 0 Å². The van der Waals surface area contributed by atoms with Crippen molar-refractivity contribution in [2.45, 2.75) is 13.8 Å². The first-order chi connectivity index (χ1) is 6.15. The molecule has 0 saturated heterocycles. The fraction of sp³-hybridized carbons (Fsp3) is 0.625. The van der Waals surface area contributed by atoms with E-state index in [4.69, 9.17) is 0 Å². The first-order valence-electron chi connectivity index (χ1n) is 4.28. The SMILES string of the molecule is CCNCC1=NC(=O)C(C)C(=O)N1. The smallest absolute Gasteiger partial charge is 0.259 e. The minimum Gasteiger partial charge on any atom is -0.312 e. The molecule has 0 aromatic rings. The summed E-state index contributed by atoms with van der Waals surface area (Å²) in [6.45, 7) is 4.69. The van der Waals surface area contributed by atoms with Crippen LogP contribution in [0.3, 0.4) is 0 Å². The third-order valence-corrected chi connectivity index (χ3v) is 1.82. The molecule has 1 rings (SSSR count). The van der Waals surface area contributed by atoms with Crippen LogP contribution in [0.5, 0.6) is 0 Å². The highest BCUT2D eigenvalue weighted by Gasteiger charge is 2.26. The number of hydrogen-bond donors (Lipinski definition) is 2. The van der Waals surface area contributed by atoms with Gasteiger partial charge in [0.15, 0.2) is 0 Å². The van der Waals surface area contributed by atoms with E-state index >= 15 is 0 Å². The number of hydrogen-bond acceptors (Lipinski definition) is 3. The van der Waals surface area contributed by atoms with Gasteiger partial charge in [-0.1, -0.05) is 6.92 Å². The molecule has 0 saturated carbocycles. The van der Waals surface area contributed by atoms with E-state index in [0.29, 0.717) is 12.4 Å². The molecule has 0 aromatic carbocycles. The molecule has 5 heteroatoms. The van der Waals surface area contributed by atoms with Gasteiger partial charge in [0.2, 0.25) is 5.91 Å². The normalized spacial score (nSPS) is 22.6. The molecular weight excluding hydrogens is 170 g/mol. The highest BCUT2D eigenvalue weighted by Crippen LogP contribution is 2.02. The van der Waals surface area contributed by atoms with E-state index in [-0.39, 0.29) is 11.8 Å². The third-order valence-electron chi connectivity index (χ3n) is 1.82. The molecule has 5 nitrogen and oxygen atoms in total. The van der Waals surface area contributed by atoms with E-state index in [2.05, 4.69) is 15.6 Å². The lowest BCUT2D eigenvalue weighted by Crippen LogP contribution is -2.46. The molecule has 0 bridgehead atoms. The molecule has 1 aliphatic heterocycles. The van der Waals surface area contributed by atoms with Crippen molar-refractivity contribution in [1.82, 2.24) is 10.6 Å². The minimum atomic E-state index is -0.648. The zero-order valence-corrected chi connectivity index (χ0v) is 7.76. The average Bonchev–Trinajstić information content (AvgIpc) is 2.10. The summed E-state index contributed by atoms with van der Waals surface area (Å²) in [5.74, 6) is -0.870. The van der Waals surface area contributed by atoms with Gasteiger partial charge in [0, 0.05) is 0 Å². The van der Waals surface area contributed by atoms with E-state index in [1.165, 1.54) is 0 Å². The van der Waals surface area contributed by atoms with Crippen molar-refractivity contribution in [2.75, 3.05) is 13.1 Å². The van der Waals surface area contributed by atoms with Crippen molar-refractivity contribution in [2.24, 2.45) is 10.9 Å². The number of nitrogens with zero attached hydrogens (tertiary/aromatic N) is 1. The highest BCUT2D eigenvalue weighted by molar-refractivity contribution is 6.16. The van der Waals surface area contributed by atoms with Crippen LogP contribution in [0.15, 0.2) is 4.99 Å². The summed E-state index contributed by atoms with van der Waals surface area (Å²) in [5, 5.41) is 5.54. The standard InChI is InChI=1S/C8H13N3O2/c1-3-9-4-6-10-7(12)5(2)8(13)11-6/h5,9H,3-4H2,1-2H3,(H,10,11,12,13). The summed E-state index contributed by atoms with van der Waals surface area (Å²) < 4.78 is 0. The molecule has 1 unspecified atom stereocenters. The Morgan fingerprint density at radius 3 is 2.77 bits per heavy atom. The molecule has 0 fully saturated rings. The second kappa shape index (κ2) is 4.13. The molecular formula is C8H13N3O2. The molecule has 0 aromatic heterocycles. The quantitative estimate of drug-likeness (QED) is 0.568. The van der Waals surface area contributed by atoms with E-state index in [9.17, 15) is 9.59 Å². The van der Waals surface area contributed by atoms with Crippen molar-refractivity contribution in [3.63, 3.8) is 0 Å². The summed E-state index contributed by atoms with van der Waals surface area (Å²) in [5.41, 5.74) is 0. The van der Waals surface area contributed by atoms with Crippen molar-refractivity contribution in [3.8, 4) is 0 Å². The second-order valence-corrected chi connectivity index (χ2v) is 2.89. The van der Waals surface area contributed by atoms with Crippen LogP contribution < -0.4 is 10.6 Å². The van der Waals surface area contributed by atoms with Crippen molar-refractivity contribution >= 4 is 17.6 Å². The zero-order valence-electron chi connectivity index (χ0n) is 7.76. The van der Waals surface area contributed by atoms with Gasteiger partial charge in [-0.05, 0) is 13.5 Å².